The number of amides is 1. The van der Waals surface area contributed by atoms with Gasteiger partial charge in [0, 0.05) is 24.9 Å². The summed E-state index contributed by atoms with van der Waals surface area (Å²) in [7, 11) is 0. The maximum Gasteiger partial charge on any atom is 0.327 e. The molecule has 2 aliphatic heterocycles. The van der Waals surface area contributed by atoms with Crippen molar-refractivity contribution in [3.63, 3.8) is 0 Å². The number of alkyl halides is 2. The van der Waals surface area contributed by atoms with Crippen molar-refractivity contribution in [1.82, 2.24) is 20.2 Å². The number of hydrogen-bond acceptors (Lipinski definition) is 7. The summed E-state index contributed by atoms with van der Waals surface area (Å²) in [5, 5.41) is 13.8. The number of fused-ring (bicyclic) bond motifs is 2. The standard InChI is InChI=1S/C29H34F2N4O4/c1-18-13-22-23(33-8-7-32-22)15-21(18)14-19(2)29(30,31)28(37)34-24(17-35-9-3-4-10-35)27(36)20-5-6-25-26(16-20)39-12-11-38-25/h5-8,13,15-16,19,24,27,36H,3-4,9-12,14,17H2,1-2H3,(H,34,37)/t19?,24-,27-/m1/s1. The first-order valence-electron chi connectivity index (χ1n) is 13.4. The molecular weight excluding hydrogens is 506 g/mol. The van der Waals surface area contributed by atoms with Gasteiger partial charge in [-0.25, -0.2) is 0 Å². The number of aromatic nitrogens is 2. The zero-order valence-corrected chi connectivity index (χ0v) is 22.2. The van der Waals surface area contributed by atoms with Crippen LogP contribution in [-0.4, -0.2) is 70.7 Å². The van der Waals surface area contributed by atoms with E-state index in [0.717, 1.165) is 31.5 Å². The molecular formula is C29H34F2N4O4. The van der Waals surface area contributed by atoms with Crippen LogP contribution in [0.25, 0.3) is 11.0 Å². The van der Waals surface area contributed by atoms with Crippen molar-refractivity contribution in [3.05, 3.63) is 59.4 Å². The molecule has 2 aliphatic rings. The molecule has 2 aromatic carbocycles. The molecule has 1 unspecified atom stereocenters. The highest BCUT2D eigenvalue weighted by molar-refractivity contribution is 5.84. The summed E-state index contributed by atoms with van der Waals surface area (Å²) < 4.78 is 42.2. The van der Waals surface area contributed by atoms with Crippen LogP contribution in [0.4, 0.5) is 8.78 Å². The second-order valence-corrected chi connectivity index (χ2v) is 10.5. The van der Waals surface area contributed by atoms with Crippen LogP contribution < -0.4 is 14.8 Å². The molecule has 0 spiro atoms. The zero-order valence-electron chi connectivity index (χ0n) is 22.2. The molecule has 1 saturated heterocycles. The van der Waals surface area contributed by atoms with Crippen molar-refractivity contribution in [2.45, 2.75) is 51.2 Å². The second-order valence-electron chi connectivity index (χ2n) is 10.5. The summed E-state index contributed by atoms with van der Waals surface area (Å²) in [5.41, 5.74) is 3.27. The minimum atomic E-state index is -3.67. The lowest BCUT2D eigenvalue weighted by Gasteiger charge is -2.32. The molecule has 10 heteroatoms. The molecule has 3 heterocycles. The number of likely N-dealkylation sites (tertiary alicyclic amines) is 1. The van der Waals surface area contributed by atoms with Gasteiger partial charge in [-0.1, -0.05) is 13.0 Å². The van der Waals surface area contributed by atoms with Gasteiger partial charge in [0.2, 0.25) is 0 Å². The number of nitrogens with zero attached hydrogens (tertiary/aromatic N) is 3. The van der Waals surface area contributed by atoms with Crippen molar-refractivity contribution >= 4 is 16.9 Å². The van der Waals surface area contributed by atoms with Crippen LogP contribution in [0.3, 0.4) is 0 Å². The largest absolute Gasteiger partial charge is 0.486 e. The molecule has 3 aromatic rings. The average molecular weight is 541 g/mol. The number of carbonyl (C=O) groups is 1. The zero-order chi connectivity index (χ0) is 27.6. The minimum Gasteiger partial charge on any atom is -0.486 e. The van der Waals surface area contributed by atoms with Gasteiger partial charge in [-0.15, -0.1) is 0 Å². The molecule has 39 heavy (non-hydrogen) atoms. The van der Waals surface area contributed by atoms with Crippen LogP contribution in [0.2, 0.25) is 0 Å². The number of rotatable bonds is 9. The molecule has 208 valence electrons. The van der Waals surface area contributed by atoms with Crippen LogP contribution >= 0.6 is 0 Å². The van der Waals surface area contributed by atoms with E-state index in [1.807, 2.05) is 13.0 Å². The fourth-order valence-electron chi connectivity index (χ4n) is 5.27. The van der Waals surface area contributed by atoms with Gasteiger partial charge >= 0.3 is 5.92 Å². The topological polar surface area (TPSA) is 96.8 Å². The van der Waals surface area contributed by atoms with Gasteiger partial charge in [0.25, 0.3) is 5.91 Å². The summed E-state index contributed by atoms with van der Waals surface area (Å²) in [6, 6.07) is 7.65. The summed E-state index contributed by atoms with van der Waals surface area (Å²) in [6.07, 6.45) is 3.89. The summed E-state index contributed by atoms with van der Waals surface area (Å²) in [6.45, 7) is 5.86. The average Bonchev–Trinajstić information content (AvgIpc) is 3.45. The predicted octanol–water partition coefficient (Wildman–Crippen LogP) is 3.84. The lowest BCUT2D eigenvalue weighted by molar-refractivity contribution is -0.154. The third-order valence-electron chi connectivity index (χ3n) is 7.63. The first-order chi connectivity index (χ1) is 18.7. The van der Waals surface area contributed by atoms with Crippen molar-refractivity contribution in [1.29, 1.82) is 0 Å². The van der Waals surface area contributed by atoms with E-state index >= 15 is 8.78 Å². The Morgan fingerprint density at radius 2 is 1.74 bits per heavy atom. The normalized spacial score (nSPS) is 18.1. The van der Waals surface area contributed by atoms with Crippen LogP contribution in [0.5, 0.6) is 11.5 Å². The van der Waals surface area contributed by atoms with Crippen LogP contribution in [-0.2, 0) is 11.2 Å². The summed E-state index contributed by atoms with van der Waals surface area (Å²) in [4.78, 5) is 23.7. The molecule has 1 aromatic heterocycles. The number of ether oxygens (including phenoxy) is 2. The smallest absolute Gasteiger partial charge is 0.327 e. The minimum absolute atomic E-state index is 0.0136. The van der Waals surface area contributed by atoms with Crippen molar-refractivity contribution in [2.24, 2.45) is 5.92 Å². The van der Waals surface area contributed by atoms with Crippen molar-refractivity contribution in [2.75, 3.05) is 32.8 Å². The Labute approximate surface area is 226 Å². The highest BCUT2D eigenvalue weighted by atomic mass is 19.3. The summed E-state index contributed by atoms with van der Waals surface area (Å²) in [5.74, 6) is -5.30. The number of carbonyl (C=O) groups excluding carboxylic acids is 1. The lowest BCUT2D eigenvalue weighted by atomic mass is 9.91. The van der Waals surface area contributed by atoms with Gasteiger partial charge in [0.1, 0.15) is 19.3 Å². The second kappa shape index (κ2) is 11.4. The van der Waals surface area contributed by atoms with E-state index < -0.39 is 29.9 Å². The van der Waals surface area contributed by atoms with Gasteiger partial charge in [0.15, 0.2) is 11.5 Å². The fourth-order valence-corrected chi connectivity index (χ4v) is 5.27. The molecule has 1 amide bonds. The Morgan fingerprint density at radius 1 is 1.08 bits per heavy atom. The molecule has 0 aliphatic carbocycles. The van der Waals surface area contributed by atoms with Gasteiger partial charge < -0.3 is 24.8 Å². The number of aliphatic hydroxyl groups is 1. The SMILES string of the molecule is Cc1cc2nccnc2cc1CC(C)C(F)(F)C(=O)N[C@H](CN1CCCC1)[C@H](O)c1ccc2c(c1)OCCO2. The molecule has 0 saturated carbocycles. The Bertz CT molecular complexity index is 1330. The van der Waals surface area contributed by atoms with E-state index in [4.69, 9.17) is 9.47 Å². The van der Waals surface area contributed by atoms with Gasteiger partial charge in [0.05, 0.1) is 17.1 Å². The van der Waals surface area contributed by atoms with E-state index in [2.05, 4.69) is 20.2 Å². The Hall–Kier alpha value is -3.37. The van der Waals surface area contributed by atoms with Gasteiger partial charge in [-0.2, -0.15) is 8.78 Å². The maximum atomic E-state index is 15.5. The molecule has 5 rings (SSSR count). The molecule has 0 bridgehead atoms. The molecule has 8 nitrogen and oxygen atoms in total. The van der Waals surface area contributed by atoms with Crippen LogP contribution in [0, 0.1) is 12.8 Å². The quantitative estimate of drug-likeness (QED) is 0.426. The maximum absolute atomic E-state index is 15.5. The molecule has 3 atom stereocenters. The van der Waals surface area contributed by atoms with Gasteiger partial charge in [-0.3, -0.25) is 14.8 Å². The Morgan fingerprint density at radius 3 is 2.46 bits per heavy atom. The van der Waals surface area contributed by atoms with Crippen molar-refractivity contribution < 1.29 is 28.2 Å². The van der Waals surface area contributed by atoms with Gasteiger partial charge in [-0.05, 0) is 80.2 Å². The number of nitrogens with one attached hydrogen (secondary N) is 1. The van der Waals surface area contributed by atoms with Crippen molar-refractivity contribution in [3.8, 4) is 11.5 Å². The molecule has 0 radical (unpaired) electrons. The number of halogens is 2. The monoisotopic (exact) mass is 540 g/mol. The van der Waals surface area contributed by atoms with Crippen LogP contribution in [0.15, 0.2) is 42.7 Å². The Kier molecular flexibility index (Phi) is 7.95. The number of aryl methyl sites for hydroxylation is 1. The van der Waals surface area contributed by atoms with E-state index in [9.17, 15) is 9.90 Å². The highest BCUT2D eigenvalue weighted by Gasteiger charge is 2.46. The number of benzene rings is 2. The summed E-state index contributed by atoms with van der Waals surface area (Å²) >= 11 is 0. The Balaban J connectivity index is 1.33. The molecule has 2 N–H and O–H groups in total. The predicted molar refractivity (Wildman–Crippen MR) is 142 cm³/mol. The third-order valence-corrected chi connectivity index (χ3v) is 7.63. The number of aliphatic hydroxyl groups excluding tert-OH is 1. The van der Waals surface area contributed by atoms with E-state index in [1.54, 1.807) is 36.7 Å². The van der Waals surface area contributed by atoms with E-state index in [1.165, 1.54) is 6.92 Å². The highest BCUT2D eigenvalue weighted by Crippen LogP contribution is 2.35. The fraction of sp³-hybridized carbons (Fsp3) is 0.483. The van der Waals surface area contributed by atoms with E-state index in [-0.39, 0.29) is 13.0 Å². The number of hydrogen-bond donors (Lipinski definition) is 2. The third kappa shape index (κ3) is 5.96. The van der Waals surface area contributed by atoms with E-state index in [0.29, 0.717) is 46.9 Å². The van der Waals surface area contributed by atoms with Crippen LogP contribution in [0.1, 0.15) is 42.6 Å². The molecule has 1 fully saturated rings. The lowest BCUT2D eigenvalue weighted by Crippen LogP contribution is -2.53. The first-order valence-corrected chi connectivity index (χ1v) is 13.4. The first kappa shape index (κ1) is 27.2.